The molecular formula is C5H4BF2NO3. The molecule has 0 unspecified atom stereocenters. The lowest BCUT2D eigenvalue weighted by atomic mass is 10.2. The molecule has 4 nitrogen and oxygen atoms in total. The Hall–Kier alpha value is -1.21. The molecule has 0 aliphatic carbocycles. The number of pyridine rings is 1. The van der Waals surface area contributed by atoms with Crippen LogP contribution in [0.3, 0.4) is 0 Å². The Morgan fingerprint density at radius 2 is 2.08 bits per heavy atom. The second-order valence-electron chi connectivity index (χ2n) is 1.88. The normalized spacial score (nSPS) is 9.67. The molecule has 0 aliphatic heterocycles. The van der Waals surface area contributed by atoms with Crippen molar-refractivity contribution in [1.82, 2.24) is 4.98 Å². The average molecular weight is 175 g/mol. The molecule has 1 aromatic rings. The fourth-order valence-corrected chi connectivity index (χ4v) is 0.600. The summed E-state index contributed by atoms with van der Waals surface area (Å²) in [7, 11) is -2.18. The predicted octanol–water partition coefficient (Wildman–Crippen LogP) is -0.292. The molecule has 1 rings (SSSR count). The maximum Gasteiger partial charge on any atom is 0.707 e. The molecular weight excluding hydrogens is 171 g/mol. The van der Waals surface area contributed by atoms with Gasteiger partial charge in [0.2, 0.25) is 5.95 Å². The third-order valence-electron chi connectivity index (χ3n) is 1.02. The van der Waals surface area contributed by atoms with Crippen molar-refractivity contribution in [1.29, 1.82) is 0 Å². The van der Waals surface area contributed by atoms with Crippen molar-refractivity contribution in [3.63, 3.8) is 0 Å². The van der Waals surface area contributed by atoms with Crippen LogP contribution in [0.4, 0.5) is 8.78 Å². The summed E-state index contributed by atoms with van der Waals surface area (Å²) in [6.07, 6.45) is 0.576. The van der Waals surface area contributed by atoms with E-state index in [1.807, 2.05) is 0 Å². The van der Waals surface area contributed by atoms with E-state index in [2.05, 4.69) is 9.64 Å². The minimum Gasteiger partial charge on any atom is -0.509 e. The molecule has 2 N–H and O–H groups in total. The van der Waals surface area contributed by atoms with Gasteiger partial charge in [-0.25, -0.2) is 9.37 Å². The molecule has 0 radical (unpaired) electrons. The van der Waals surface area contributed by atoms with Gasteiger partial charge in [0.15, 0.2) is 5.82 Å². The van der Waals surface area contributed by atoms with E-state index in [1.165, 1.54) is 0 Å². The molecule has 1 aromatic heterocycles. The van der Waals surface area contributed by atoms with Crippen LogP contribution in [0, 0.1) is 11.8 Å². The number of aromatic nitrogens is 1. The Labute approximate surface area is 66.6 Å². The van der Waals surface area contributed by atoms with Crippen molar-refractivity contribution >= 4 is 7.32 Å². The fourth-order valence-electron chi connectivity index (χ4n) is 0.600. The highest BCUT2D eigenvalue weighted by atomic mass is 19.1. The van der Waals surface area contributed by atoms with Gasteiger partial charge in [0.1, 0.15) is 5.75 Å². The van der Waals surface area contributed by atoms with E-state index in [0.29, 0.717) is 12.3 Å². The highest BCUT2D eigenvalue weighted by molar-refractivity contribution is 6.33. The van der Waals surface area contributed by atoms with Crippen LogP contribution >= 0.6 is 0 Å². The lowest BCUT2D eigenvalue weighted by molar-refractivity contribution is 0.280. The number of halogens is 2. The zero-order valence-corrected chi connectivity index (χ0v) is 5.74. The molecule has 7 heteroatoms. The third kappa shape index (κ3) is 2.14. The molecule has 0 bridgehead atoms. The minimum atomic E-state index is -2.18. The summed E-state index contributed by atoms with van der Waals surface area (Å²) in [5.41, 5.74) is 0. The van der Waals surface area contributed by atoms with E-state index in [0.717, 1.165) is 0 Å². The van der Waals surface area contributed by atoms with Gasteiger partial charge in [-0.2, -0.15) is 4.39 Å². The van der Waals surface area contributed by atoms with Gasteiger partial charge in [0.05, 0.1) is 6.20 Å². The maximum absolute atomic E-state index is 12.6. The summed E-state index contributed by atoms with van der Waals surface area (Å²) >= 11 is 0. The Kier molecular flexibility index (Phi) is 2.56. The Morgan fingerprint density at radius 1 is 1.42 bits per heavy atom. The Balaban J connectivity index is 2.90. The highest BCUT2D eigenvalue weighted by Gasteiger charge is 2.15. The van der Waals surface area contributed by atoms with Crippen LogP contribution in [-0.2, 0) is 0 Å². The van der Waals surface area contributed by atoms with Crippen molar-refractivity contribution in [2.45, 2.75) is 0 Å². The first-order valence-corrected chi connectivity index (χ1v) is 2.93. The quantitative estimate of drug-likeness (QED) is 0.478. The molecule has 64 valence electrons. The van der Waals surface area contributed by atoms with Crippen LogP contribution in [0.1, 0.15) is 0 Å². The third-order valence-corrected chi connectivity index (χ3v) is 1.02. The van der Waals surface area contributed by atoms with Crippen molar-refractivity contribution in [3.8, 4) is 5.75 Å². The largest absolute Gasteiger partial charge is 0.707 e. The molecule has 0 atom stereocenters. The molecule has 0 saturated heterocycles. The average Bonchev–Trinajstić information content (AvgIpc) is 1.96. The minimum absolute atomic E-state index is 0.576. The second kappa shape index (κ2) is 3.46. The zero-order chi connectivity index (χ0) is 9.14. The number of nitrogens with zero attached hydrogens (tertiary/aromatic N) is 1. The van der Waals surface area contributed by atoms with Gasteiger partial charge in [0, 0.05) is 6.07 Å². The van der Waals surface area contributed by atoms with Crippen LogP contribution in [0.25, 0.3) is 0 Å². The van der Waals surface area contributed by atoms with E-state index in [1.54, 1.807) is 0 Å². The van der Waals surface area contributed by atoms with Gasteiger partial charge in [-0.05, 0) is 0 Å². The summed E-state index contributed by atoms with van der Waals surface area (Å²) in [6.45, 7) is 0. The molecule has 0 aromatic carbocycles. The lowest BCUT2D eigenvalue weighted by Gasteiger charge is -2.04. The standard InChI is InChI=1S/C5H4BF2NO3/c7-3-2-9-5(8)1-4(3)12-6(10)11/h1-2,10-11H. The van der Waals surface area contributed by atoms with Crippen LogP contribution in [0.2, 0.25) is 0 Å². The van der Waals surface area contributed by atoms with Crippen LogP contribution < -0.4 is 4.65 Å². The summed E-state index contributed by atoms with van der Waals surface area (Å²) in [5, 5.41) is 16.5. The van der Waals surface area contributed by atoms with Crippen molar-refractivity contribution in [2.75, 3.05) is 0 Å². The van der Waals surface area contributed by atoms with E-state index < -0.39 is 24.8 Å². The monoisotopic (exact) mass is 175 g/mol. The SMILES string of the molecule is OB(O)Oc1cc(F)ncc1F. The highest BCUT2D eigenvalue weighted by Crippen LogP contribution is 2.15. The molecule has 0 amide bonds. The molecule has 1 heterocycles. The molecule has 0 aliphatic rings. The summed E-state index contributed by atoms with van der Waals surface area (Å²) in [5.74, 6) is -2.53. The van der Waals surface area contributed by atoms with Gasteiger partial charge < -0.3 is 14.7 Å². The van der Waals surface area contributed by atoms with Crippen LogP contribution in [-0.4, -0.2) is 22.4 Å². The second-order valence-corrected chi connectivity index (χ2v) is 1.88. The molecule has 0 fully saturated rings. The molecule has 0 saturated carbocycles. The van der Waals surface area contributed by atoms with Crippen LogP contribution in [0.15, 0.2) is 12.3 Å². The number of hydrogen-bond acceptors (Lipinski definition) is 4. The number of hydrogen-bond donors (Lipinski definition) is 2. The topological polar surface area (TPSA) is 62.6 Å². The van der Waals surface area contributed by atoms with Gasteiger partial charge in [-0.1, -0.05) is 0 Å². The van der Waals surface area contributed by atoms with E-state index in [-0.39, 0.29) is 0 Å². The predicted molar refractivity (Wildman–Crippen MR) is 35.0 cm³/mol. The van der Waals surface area contributed by atoms with Gasteiger partial charge in [-0.3, -0.25) is 0 Å². The number of rotatable bonds is 2. The van der Waals surface area contributed by atoms with E-state index in [4.69, 9.17) is 10.0 Å². The zero-order valence-electron chi connectivity index (χ0n) is 5.74. The first-order valence-electron chi connectivity index (χ1n) is 2.93. The van der Waals surface area contributed by atoms with Crippen molar-refractivity contribution in [2.24, 2.45) is 0 Å². The van der Waals surface area contributed by atoms with Gasteiger partial charge >= 0.3 is 7.32 Å². The maximum atomic E-state index is 12.6. The molecule has 0 spiro atoms. The van der Waals surface area contributed by atoms with E-state index in [9.17, 15) is 8.78 Å². The molecule has 12 heavy (non-hydrogen) atoms. The lowest BCUT2D eigenvalue weighted by Crippen LogP contribution is -2.21. The smallest absolute Gasteiger partial charge is 0.509 e. The summed E-state index contributed by atoms with van der Waals surface area (Å²) in [4.78, 5) is 2.96. The summed E-state index contributed by atoms with van der Waals surface area (Å²) < 4.78 is 28.9. The summed E-state index contributed by atoms with van der Waals surface area (Å²) in [6, 6.07) is 0.606. The van der Waals surface area contributed by atoms with Crippen molar-refractivity contribution in [3.05, 3.63) is 24.0 Å². The first-order chi connectivity index (χ1) is 5.59. The van der Waals surface area contributed by atoms with Crippen molar-refractivity contribution < 1.29 is 23.5 Å². The Morgan fingerprint density at radius 3 is 2.67 bits per heavy atom. The van der Waals surface area contributed by atoms with Crippen LogP contribution in [0.5, 0.6) is 5.75 Å². The fraction of sp³-hybridized carbons (Fsp3) is 0. The first kappa shape index (κ1) is 8.89. The Bertz CT molecular complexity index is 283. The van der Waals surface area contributed by atoms with E-state index >= 15 is 0 Å². The van der Waals surface area contributed by atoms with Gasteiger partial charge in [0.25, 0.3) is 0 Å². The van der Waals surface area contributed by atoms with Gasteiger partial charge in [-0.15, -0.1) is 0 Å².